The van der Waals surface area contributed by atoms with Crippen LogP contribution in [0.25, 0.3) is 0 Å². The van der Waals surface area contributed by atoms with Gasteiger partial charge in [0.2, 0.25) is 0 Å². The van der Waals surface area contributed by atoms with Gasteiger partial charge in [-0.25, -0.2) is 0 Å². The quantitative estimate of drug-likeness (QED) is 0.460. The van der Waals surface area contributed by atoms with Gasteiger partial charge in [-0.05, 0) is 36.4 Å². The first-order chi connectivity index (χ1) is 11.7. The van der Waals surface area contributed by atoms with Crippen molar-refractivity contribution in [2.45, 2.75) is 27.7 Å². The van der Waals surface area contributed by atoms with Gasteiger partial charge in [-0.15, -0.1) is 0 Å². The van der Waals surface area contributed by atoms with Crippen molar-refractivity contribution in [1.82, 2.24) is 0 Å². The van der Waals surface area contributed by atoms with Gasteiger partial charge in [-0.2, -0.15) is 8.78 Å². The second kappa shape index (κ2) is 6.29. The zero-order valence-electron chi connectivity index (χ0n) is 12.8. The molecule has 0 fully saturated rings. The van der Waals surface area contributed by atoms with Gasteiger partial charge in [0.1, 0.15) is 5.75 Å². The normalized spacial score (nSPS) is 13.5. The lowest BCUT2D eigenvalue weighted by molar-refractivity contribution is -0.0498. The summed E-state index contributed by atoms with van der Waals surface area (Å²) in [5, 5.41) is 0. The number of fused-ring (bicyclic) bond motifs is 2. The molecule has 24 heavy (non-hydrogen) atoms. The van der Waals surface area contributed by atoms with E-state index in [1.165, 1.54) is 20.9 Å². The van der Waals surface area contributed by atoms with Crippen molar-refractivity contribution in [2.75, 3.05) is 0 Å². The van der Waals surface area contributed by atoms with Gasteiger partial charge in [-0.1, -0.05) is 36.4 Å². The van der Waals surface area contributed by atoms with Crippen LogP contribution in [0.3, 0.4) is 0 Å². The van der Waals surface area contributed by atoms with Crippen LogP contribution < -0.4 is 4.74 Å². The molecule has 4 rings (SSSR count). The van der Waals surface area contributed by atoms with E-state index in [1.54, 1.807) is 12.1 Å². The molecule has 0 atom stereocenters. The van der Waals surface area contributed by atoms with E-state index >= 15 is 0 Å². The second-order valence-corrected chi connectivity index (χ2v) is 7.51. The Morgan fingerprint density at radius 3 is 1.83 bits per heavy atom. The lowest BCUT2D eigenvalue weighted by Crippen LogP contribution is -2.15. The molecule has 3 aromatic carbocycles. The lowest BCUT2D eigenvalue weighted by atomic mass is 10.0. The van der Waals surface area contributed by atoms with Crippen LogP contribution in [-0.2, 0) is 17.3 Å². The van der Waals surface area contributed by atoms with Crippen LogP contribution in [0.4, 0.5) is 8.78 Å². The van der Waals surface area contributed by atoms with Crippen LogP contribution in [0.2, 0.25) is 0 Å². The Balaban J connectivity index is 1.80. The fraction of sp³-hybridized carbons (Fsp3) is 0.100. The van der Waals surface area contributed by atoms with Crippen molar-refractivity contribution in [3.8, 4) is 5.75 Å². The number of halogens is 2. The minimum Gasteiger partial charge on any atom is -0.435 e. The van der Waals surface area contributed by atoms with E-state index in [2.05, 4.69) is 53.3 Å². The molecule has 1 heterocycles. The molecule has 0 radical (unpaired) electrons. The highest BCUT2D eigenvalue weighted by atomic mass is 32.2. The third-order valence-corrected chi connectivity index (χ3v) is 6.47. The summed E-state index contributed by atoms with van der Waals surface area (Å²) in [5.41, 5.74) is 2.65. The molecule has 0 spiro atoms. The Kier molecular flexibility index (Phi) is 3.98. The molecule has 120 valence electrons. The summed E-state index contributed by atoms with van der Waals surface area (Å²) in [7, 11) is -0.222. The van der Waals surface area contributed by atoms with E-state index in [0.717, 1.165) is 11.3 Å². The predicted octanol–water partition coefficient (Wildman–Crippen LogP) is 5.29. The highest BCUT2D eigenvalue weighted by molar-refractivity contribution is 7.97. The summed E-state index contributed by atoms with van der Waals surface area (Å²) >= 11 is 0. The average molecular weight is 341 g/mol. The average Bonchev–Trinajstić information content (AvgIpc) is 2.60. The van der Waals surface area contributed by atoms with Crippen molar-refractivity contribution < 1.29 is 13.5 Å². The molecule has 0 bridgehead atoms. The third kappa shape index (κ3) is 2.78. The molecule has 1 aliphatic rings. The Hall–Kier alpha value is -2.33. The number of rotatable bonds is 3. The summed E-state index contributed by atoms with van der Waals surface area (Å²) in [6.45, 7) is -2.80. The third-order valence-electron chi connectivity index (χ3n) is 4.05. The molecule has 4 heteroatoms. The summed E-state index contributed by atoms with van der Waals surface area (Å²) < 4.78 is 29.2. The molecule has 0 amide bonds. The molecule has 0 aliphatic carbocycles. The first kappa shape index (κ1) is 15.2. The molecule has 0 unspecified atom stereocenters. The van der Waals surface area contributed by atoms with Crippen molar-refractivity contribution in [1.29, 1.82) is 0 Å². The second-order valence-electron chi connectivity index (χ2n) is 5.55. The number of hydrogen-bond donors (Lipinski definition) is 0. The van der Waals surface area contributed by atoms with Crippen LogP contribution in [0.1, 0.15) is 11.1 Å². The van der Waals surface area contributed by atoms with Gasteiger partial charge < -0.3 is 4.74 Å². The number of alkyl halides is 2. The minimum absolute atomic E-state index is 0.191. The molecule has 0 saturated heterocycles. The largest absolute Gasteiger partial charge is 0.435 e. The SMILES string of the molecule is FC(F)Oc1ccc([S+]2c3ccccc3Cc3ccccc32)cc1. The minimum atomic E-state index is -2.80. The number of hydrogen-bond acceptors (Lipinski definition) is 1. The van der Waals surface area contributed by atoms with Crippen LogP contribution in [0.15, 0.2) is 87.5 Å². The van der Waals surface area contributed by atoms with Gasteiger partial charge in [-0.3, -0.25) is 0 Å². The van der Waals surface area contributed by atoms with Crippen LogP contribution >= 0.6 is 0 Å². The molecular weight excluding hydrogens is 326 g/mol. The van der Waals surface area contributed by atoms with Crippen LogP contribution in [0.5, 0.6) is 5.75 Å². The van der Waals surface area contributed by atoms with Gasteiger partial charge in [0.25, 0.3) is 0 Å². The standard InChI is InChI=1S/C20H15F2OS/c21-20(22)23-16-9-11-17(12-10-16)24-18-7-3-1-5-14(18)13-15-6-2-4-8-19(15)24/h1-12,20H,13H2/q+1. The summed E-state index contributed by atoms with van der Waals surface area (Å²) in [6.07, 6.45) is 0.933. The first-order valence-electron chi connectivity index (χ1n) is 7.67. The maximum atomic E-state index is 12.3. The van der Waals surface area contributed by atoms with Gasteiger partial charge in [0.05, 0.1) is 10.9 Å². The van der Waals surface area contributed by atoms with Gasteiger partial charge in [0.15, 0.2) is 14.7 Å². The van der Waals surface area contributed by atoms with Crippen molar-refractivity contribution in [3.63, 3.8) is 0 Å². The summed E-state index contributed by atoms with van der Waals surface area (Å²) in [4.78, 5) is 3.72. The monoisotopic (exact) mass is 341 g/mol. The van der Waals surface area contributed by atoms with E-state index in [4.69, 9.17) is 0 Å². The first-order valence-corrected chi connectivity index (χ1v) is 8.90. The Morgan fingerprint density at radius 2 is 1.29 bits per heavy atom. The number of benzene rings is 3. The topological polar surface area (TPSA) is 9.23 Å². The Labute approximate surface area is 142 Å². The lowest BCUT2D eigenvalue weighted by Gasteiger charge is -2.19. The summed E-state index contributed by atoms with van der Waals surface area (Å²) in [6, 6.07) is 23.9. The predicted molar refractivity (Wildman–Crippen MR) is 90.9 cm³/mol. The molecule has 1 aliphatic heterocycles. The molecule has 0 saturated carbocycles. The Bertz CT molecular complexity index is 816. The molecular formula is C20H15F2OS+. The van der Waals surface area contributed by atoms with Gasteiger partial charge >= 0.3 is 6.61 Å². The highest BCUT2D eigenvalue weighted by Gasteiger charge is 2.36. The van der Waals surface area contributed by atoms with Crippen molar-refractivity contribution in [3.05, 3.63) is 83.9 Å². The van der Waals surface area contributed by atoms with E-state index in [-0.39, 0.29) is 16.6 Å². The van der Waals surface area contributed by atoms with E-state index < -0.39 is 6.61 Å². The van der Waals surface area contributed by atoms with Crippen molar-refractivity contribution in [2.24, 2.45) is 0 Å². The maximum Gasteiger partial charge on any atom is 0.387 e. The highest BCUT2D eigenvalue weighted by Crippen LogP contribution is 2.40. The zero-order valence-corrected chi connectivity index (χ0v) is 13.6. The molecule has 3 aromatic rings. The van der Waals surface area contributed by atoms with E-state index in [0.29, 0.717) is 0 Å². The molecule has 0 aromatic heterocycles. The van der Waals surface area contributed by atoms with E-state index in [1.807, 2.05) is 12.1 Å². The van der Waals surface area contributed by atoms with Crippen LogP contribution in [-0.4, -0.2) is 6.61 Å². The maximum absolute atomic E-state index is 12.3. The molecule has 0 N–H and O–H groups in total. The van der Waals surface area contributed by atoms with Crippen LogP contribution in [0, 0.1) is 0 Å². The van der Waals surface area contributed by atoms with Gasteiger partial charge in [0, 0.05) is 17.5 Å². The smallest absolute Gasteiger partial charge is 0.387 e. The number of ether oxygens (including phenoxy) is 1. The Morgan fingerprint density at radius 1 is 0.750 bits per heavy atom. The van der Waals surface area contributed by atoms with Crippen molar-refractivity contribution >= 4 is 10.9 Å². The summed E-state index contributed by atoms with van der Waals surface area (Å²) in [5.74, 6) is 0.191. The fourth-order valence-electron chi connectivity index (χ4n) is 3.03. The zero-order chi connectivity index (χ0) is 16.5. The fourth-order valence-corrected chi connectivity index (χ4v) is 5.42. The molecule has 1 nitrogen and oxygen atoms in total. The van der Waals surface area contributed by atoms with E-state index in [9.17, 15) is 8.78 Å².